The third-order valence-electron chi connectivity index (χ3n) is 5.11. The van der Waals surface area contributed by atoms with E-state index in [0.717, 1.165) is 46.4 Å². The normalized spacial score (nSPS) is 13.2. The standard InChI is InChI=1S/C24H21N5OS/c30-23(26-20-6-2-1-3-7-20)18-10-8-17(9-11-18)16-31-24-28-27-22(29(24)21-12-13-21)19-5-4-14-25-15-19/h1-11,14-15,21H,12-13,16H2,(H,26,30). The molecule has 0 unspecified atom stereocenters. The molecule has 4 aromatic rings. The molecule has 0 saturated heterocycles. The maximum Gasteiger partial charge on any atom is 0.255 e. The van der Waals surface area contributed by atoms with Gasteiger partial charge in [0, 0.05) is 41.0 Å². The molecule has 0 atom stereocenters. The molecule has 1 N–H and O–H groups in total. The fraction of sp³-hybridized carbons (Fsp3) is 0.167. The van der Waals surface area contributed by atoms with Crippen LogP contribution in [-0.4, -0.2) is 25.7 Å². The molecule has 1 aliphatic carbocycles. The van der Waals surface area contributed by atoms with Crippen LogP contribution in [0, 0.1) is 0 Å². The van der Waals surface area contributed by atoms with Crippen LogP contribution in [0.15, 0.2) is 84.3 Å². The first kappa shape index (κ1) is 19.5. The zero-order valence-electron chi connectivity index (χ0n) is 16.8. The lowest BCUT2D eigenvalue weighted by Crippen LogP contribution is -2.11. The van der Waals surface area contributed by atoms with E-state index in [4.69, 9.17) is 0 Å². The van der Waals surface area contributed by atoms with Gasteiger partial charge in [-0.25, -0.2) is 0 Å². The number of rotatable bonds is 7. The smallest absolute Gasteiger partial charge is 0.255 e. The minimum Gasteiger partial charge on any atom is -0.322 e. The fourth-order valence-electron chi connectivity index (χ4n) is 3.35. The van der Waals surface area contributed by atoms with E-state index in [1.165, 1.54) is 0 Å². The Hall–Kier alpha value is -3.45. The minimum absolute atomic E-state index is 0.111. The van der Waals surface area contributed by atoms with Gasteiger partial charge in [0.2, 0.25) is 0 Å². The summed E-state index contributed by atoms with van der Waals surface area (Å²) in [5.41, 5.74) is 3.55. The molecule has 1 saturated carbocycles. The largest absolute Gasteiger partial charge is 0.322 e. The molecule has 2 aromatic heterocycles. The molecule has 1 amide bonds. The summed E-state index contributed by atoms with van der Waals surface area (Å²) in [6, 6.07) is 21.6. The average molecular weight is 428 g/mol. The van der Waals surface area contributed by atoms with Gasteiger partial charge in [-0.15, -0.1) is 10.2 Å². The lowest BCUT2D eigenvalue weighted by molar-refractivity contribution is 0.102. The van der Waals surface area contributed by atoms with Gasteiger partial charge in [-0.1, -0.05) is 42.1 Å². The number of pyridine rings is 1. The second kappa shape index (κ2) is 8.73. The van der Waals surface area contributed by atoms with Crippen molar-refractivity contribution in [1.82, 2.24) is 19.7 Å². The van der Waals surface area contributed by atoms with Gasteiger partial charge < -0.3 is 5.32 Å². The van der Waals surface area contributed by atoms with Crippen LogP contribution in [0.25, 0.3) is 11.4 Å². The van der Waals surface area contributed by atoms with Crippen LogP contribution >= 0.6 is 11.8 Å². The summed E-state index contributed by atoms with van der Waals surface area (Å²) < 4.78 is 2.24. The second-order valence-corrected chi connectivity index (χ2v) is 8.40. The first-order valence-corrected chi connectivity index (χ1v) is 11.2. The Morgan fingerprint density at radius 3 is 2.52 bits per heavy atom. The topological polar surface area (TPSA) is 72.7 Å². The predicted octanol–water partition coefficient (Wildman–Crippen LogP) is 5.22. The summed E-state index contributed by atoms with van der Waals surface area (Å²) in [4.78, 5) is 16.6. The molecule has 7 heteroatoms. The molecule has 5 rings (SSSR count). The molecule has 0 radical (unpaired) electrons. The van der Waals surface area contributed by atoms with E-state index in [1.807, 2.05) is 72.9 Å². The summed E-state index contributed by atoms with van der Waals surface area (Å²) in [5, 5.41) is 12.7. The van der Waals surface area contributed by atoms with Crippen molar-refractivity contribution in [3.8, 4) is 11.4 Å². The van der Waals surface area contributed by atoms with Crippen LogP contribution < -0.4 is 5.32 Å². The van der Waals surface area contributed by atoms with E-state index in [1.54, 1.807) is 18.0 Å². The van der Waals surface area contributed by atoms with E-state index in [9.17, 15) is 4.79 Å². The maximum absolute atomic E-state index is 12.4. The Balaban J connectivity index is 1.26. The lowest BCUT2D eigenvalue weighted by atomic mass is 10.1. The van der Waals surface area contributed by atoms with Gasteiger partial charge in [-0.2, -0.15) is 0 Å². The van der Waals surface area contributed by atoms with Crippen LogP contribution in [0.1, 0.15) is 34.8 Å². The van der Waals surface area contributed by atoms with Gasteiger partial charge in [0.15, 0.2) is 11.0 Å². The highest BCUT2D eigenvalue weighted by Gasteiger charge is 2.30. The molecule has 0 bridgehead atoms. The average Bonchev–Trinajstić information content (AvgIpc) is 3.58. The van der Waals surface area contributed by atoms with Crippen LogP contribution in [-0.2, 0) is 5.75 Å². The predicted molar refractivity (Wildman–Crippen MR) is 122 cm³/mol. The third-order valence-corrected chi connectivity index (χ3v) is 6.13. The molecular weight excluding hydrogens is 406 g/mol. The Morgan fingerprint density at radius 1 is 1.00 bits per heavy atom. The molecule has 154 valence electrons. The molecule has 0 spiro atoms. The zero-order valence-corrected chi connectivity index (χ0v) is 17.6. The SMILES string of the molecule is O=C(Nc1ccccc1)c1ccc(CSc2nnc(-c3cccnc3)n2C2CC2)cc1. The van der Waals surface area contributed by atoms with Crippen LogP contribution in [0.3, 0.4) is 0 Å². The Bertz CT molecular complexity index is 1170. The van der Waals surface area contributed by atoms with E-state index >= 15 is 0 Å². The molecule has 2 aromatic carbocycles. The number of hydrogen-bond acceptors (Lipinski definition) is 5. The third kappa shape index (κ3) is 4.51. The lowest BCUT2D eigenvalue weighted by Gasteiger charge is -2.09. The first-order chi connectivity index (χ1) is 15.3. The highest BCUT2D eigenvalue weighted by atomic mass is 32.2. The van der Waals surface area contributed by atoms with Gasteiger partial charge >= 0.3 is 0 Å². The fourth-order valence-corrected chi connectivity index (χ4v) is 4.32. The number of thioether (sulfide) groups is 1. The Labute approximate surface area is 184 Å². The number of nitrogens with zero attached hydrogens (tertiary/aromatic N) is 4. The van der Waals surface area contributed by atoms with Gasteiger partial charge in [0.05, 0.1) is 0 Å². The molecule has 0 aliphatic heterocycles. The summed E-state index contributed by atoms with van der Waals surface area (Å²) in [6.07, 6.45) is 5.91. The van der Waals surface area contributed by atoms with E-state index in [2.05, 4.69) is 25.1 Å². The number of nitrogens with one attached hydrogen (secondary N) is 1. The van der Waals surface area contributed by atoms with Crippen molar-refractivity contribution in [2.45, 2.75) is 29.8 Å². The molecule has 6 nitrogen and oxygen atoms in total. The van der Waals surface area contributed by atoms with Crippen LogP contribution in [0.5, 0.6) is 0 Å². The highest BCUT2D eigenvalue weighted by molar-refractivity contribution is 7.98. The van der Waals surface area contributed by atoms with Gasteiger partial charge in [0.1, 0.15) is 0 Å². The van der Waals surface area contributed by atoms with Crippen molar-refractivity contribution in [2.75, 3.05) is 5.32 Å². The summed E-state index contributed by atoms with van der Waals surface area (Å²) >= 11 is 1.67. The molecule has 31 heavy (non-hydrogen) atoms. The number of amides is 1. The van der Waals surface area contributed by atoms with Crippen molar-refractivity contribution >= 4 is 23.4 Å². The second-order valence-electron chi connectivity index (χ2n) is 7.45. The molecule has 2 heterocycles. The Kier molecular flexibility index (Phi) is 5.50. The molecule has 1 aliphatic rings. The monoisotopic (exact) mass is 427 g/mol. The number of benzene rings is 2. The van der Waals surface area contributed by atoms with Crippen molar-refractivity contribution in [3.63, 3.8) is 0 Å². The summed E-state index contributed by atoms with van der Waals surface area (Å²) in [6.45, 7) is 0. The first-order valence-electron chi connectivity index (χ1n) is 10.2. The van der Waals surface area contributed by atoms with Crippen LogP contribution in [0.4, 0.5) is 5.69 Å². The van der Waals surface area contributed by atoms with E-state index in [-0.39, 0.29) is 5.91 Å². The number of carbonyl (C=O) groups excluding carboxylic acids is 1. The van der Waals surface area contributed by atoms with Crippen molar-refractivity contribution in [1.29, 1.82) is 0 Å². The quantitative estimate of drug-likeness (QED) is 0.409. The zero-order chi connectivity index (χ0) is 21.0. The van der Waals surface area contributed by atoms with E-state index in [0.29, 0.717) is 11.6 Å². The van der Waals surface area contributed by atoms with Gasteiger partial charge in [-0.3, -0.25) is 14.3 Å². The maximum atomic E-state index is 12.4. The molecule has 1 fully saturated rings. The highest BCUT2D eigenvalue weighted by Crippen LogP contribution is 2.41. The number of carbonyl (C=O) groups is 1. The number of anilines is 1. The summed E-state index contributed by atoms with van der Waals surface area (Å²) in [7, 11) is 0. The summed E-state index contributed by atoms with van der Waals surface area (Å²) in [5.74, 6) is 1.53. The van der Waals surface area contributed by atoms with Gasteiger partial charge in [0.25, 0.3) is 5.91 Å². The minimum atomic E-state index is -0.111. The van der Waals surface area contributed by atoms with Crippen LogP contribution in [0.2, 0.25) is 0 Å². The Morgan fingerprint density at radius 2 is 1.81 bits per heavy atom. The van der Waals surface area contributed by atoms with Crippen molar-refractivity contribution in [2.24, 2.45) is 0 Å². The van der Waals surface area contributed by atoms with E-state index < -0.39 is 0 Å². The van der Waals surface area contributed by atoms with Crippen molar-refractivity contribution < 1.29 is 4.79 Å². The number of aromatic nitrogens is 4. The molecular formula is C24H21N5OS. The van der Waals surface area contributed by atoms with Crippen molar-refractivity contribution in [3.05, 3.63) is 90.3 Å². The van der Waals surface area contributed by atoms with Gasteiger partial charge in [-0.05, 0) is 54.8 Å². The number of hydrogen-bond donors (Lipinski definition) is 1. The number of para-hydroxylation sites is 1.